The lowest BCUT2D eigenvalue weighted by Crippen LogP contribution is -2.14. The second kappa shape index (κ2) is 4.85. The first-order valence-electron chi connectivity index (χ1n) is 6.36. The molecular formula is C14H14N4O2S. The number of pyridine rings is 1. The summed E-state index contributed by atoms with van der Waals surface area (Å²) in [6, 6.07) is 9.10. The number of para-hydroxylation sites is 1. The van der Waals surface area contributed by atoms with Crippen LogP contribution in [0.2, 0.25) is 0 Å². The largest absolute Gasteiger partial charge is 0.332 e. The normalized spacial score (nSPS) is 11.7. The molecule has 7 heteroatoms. The van der Waals surface area contributed by atoms with Crippen LogP contribution in [-0.4, -0.2) is 23.4 Å². The van der Waals surface area contributed by atoms with Gasteiger partial charge in [-0.05, 0) is 26.0 Å². The summed E-state index contributed by atoms with van der Waals surface area (Å²) < 4.78 is 27.3. The average molecular weight is 302 g/mol. The molecular weight excluding hydrogens is 288 g/mol. The zero-order chi connectivity index (χ0) is 15.0. The first-order valence-corrected chi connectivity index (χ1v) is 7.85. The third-order valence-electron chi connectivity index (χ3n) is 3.06. The molecule has 2 heterocycles. The Labute approximate surface area is 122 Å². The molecule has 0 aliphatic rings. The van der Waals surface area contributed by atoms with Crippen molar-refractivity contribution in [3.63, 3.8) is 0 Å². The molecule has 21 heavy (non-hydrogen) atoms. The van der Waals surface area contributed by atoms with E-state index in [1.165, 1.54) is 6.20 Å². The van der Waals surface area contributed by atoms with Gasteiger partial charge in [0.15, 0.2) is 5.03 Å². The standard InChI is InChI=1S/C14H14N4O2S/c1-9-7-13(11-5-3-4-6-12(11)16-9)18-21(19,20)14-8-15-10(2)17-14/h3-8H,1-2H3,(H,15,17)(H,16,18). The Balaban J connectivity index is 2.09. The number of imidazole rings is 1. The van der Waals surface area contributed by atoms with Crippen LogP contribution in [0.5, 0.6) is 0 Å². The summed E-state index contributed by atoms with van der Waals surface area (Å²) in [6.07, 6.45) is 1.30. The predicted molar refractivity (Wildman–Crippen MR) is 80.6 cm³/mol. The fraction of sp³-hybridized carbons (Fsp3) is 0.143. The van der Waals surface area contributed by atoms with Crippen molar-refractivity contribution >= 4 is 26.6 Å². The molecule has 1 aromatic carbocycles. The first kappa shape index (κ1) is 13.6. The highest BCUT2D eigenvalue weighted by atomic mass is 32.2. The van der Waals surface area contributed by atoms with Crippen LogP contribution in [0.1, 0.15) is 11.5 Å². The van der Waals surface area contributed by atoms with Gasteiger partial charge < -0.3 is 4.98 Å². The third kappa shape index (κ3) is 2.59. The molecule has 2 aromatic heterocycles. The van der Waals surface area contributed by atoms with E-state index in [9.17, 15) is 8.42 Å². The number of benzene rings is 1. The van der Waals surface area contributed by atoms with Crippen molar-refractivity contribution in [3.05, 3.63) is 48.0 Å². The Morgan fingerprint density at radius 1 is 1.19 bits per heavy atom. The molecule has 6 nitrogen and oxygen atoms in total. The Morgan fingerprint density at radius 2 is 1.95 bits per heavy atom. The number of nitrogens with one attached hydrogen (secondary N) is 2. The Hall–Kier alpha value is -2.41. The molecule has 0 unspecified atom stereocenters. The minimum absolute atomic E-state index is 0.0403. The zero-order valence-corrected chi connectivity index (χ0v) is 12.4. The van der Waals surface area contributed by atoms with Crippen molar-refractivity contribution in [2.24, 2.45) is 0 Å². The smallest absolute Gasteiger partial charge is 0.279 e. The second-order valence-corrected chi connectivity index (χ2v) is 6.42. The number of hydrogen-bond acceptors (Lipinski definition) is 4. The summed E-state index contributed by atoms with van der Waals surface area (Å²) in [6.45, 7) is 3.52. The van der Waals surface area contributed by atoms with Crippen LogP contribution in [0.4, 0.5) is 5.69 Å². The van der Waals surface area contributed by atoms with Crippen LogP contribution in [0.25, 0.3) is 10.9 Å². The van der Waals surface area contributed by atoms with Gasteiger partial charge in [-0.15, -0.1) is 0 Å². The van der Waals surface area contributed by atoms with Crippen molar-refractivity contribution in [2.75, 3.05) is 4.72 Å². The summed E-state index contributed by atoms with van der Waals surface area (Å²) in [4.78, 5) is 11.0. The Morgan fingerprint density at radius 3 is 2.67 bits per heavy atom. The maximum atomic E-state index is 12.4. The molecule has 0 radical (unpaired) electrons. The molecule has 108 valence electrons. The third-order valence-corrected chi connectivity index (χ3v) is 4.33. The van der Waals surface area contributed by atoms with E-state index < -0.39 is 10.0 Å². The van der Waals surface area contributed by atoms with Gasteiger partial charge in [0.2, 0.25) is 0 Å². The number of fused-ring (bicyclic) bond motifs is 1. The van der Waals surface area contributed by atoms with Gasteiger partial charge in [0.25, 0.3) is 10.0 Å². The number of aromatic nitrogens is 3. The number of aromatic amines is 1. The van der Waals surface area contributed by atoms with Crippen molar-refractivity contribution in [2.45, 2.75) is 18.9 Å². The van der Waals surface area contributed by atoms with Gasteiger partial charge in [-0.25, -0.2) is 4.98 Å². The Kier molecular flexibility index (Phi) is 3.13. The van der Waals surface area contributed by atoms with Gasteiger partial charge >= 0.3 is 0 Å². The highest BCUT2D eigenvalue weighted by Gasteiger charge is 2.18. The molecule has 0 saturated carbocycles. The molecule has 0 fully saturated rings. The van der Waals surface area contributed by atoms with Gasteiger partial charge in [-0.2, -0.15) is 8.42 Å². The Bertz CT molecular complexity index is 916. The van der Waals surface area contributed by atoms with Crippen LogP contribution >= 0.6 is 0 Å². The molecule has 0 aliphatic heterocycles. The van der Waals surface area contributed by atoms with Crippen LogP contribution < -0.4 is 4.72 Å². The molecule has 2 N–H and O–H groups in total. The molecule has 0 bridgehead atoms. The van der Waals surface area contributed by atoms with Crippen molar-refractivity contribution < 1.29 is 8.42 Å². The summed E-state index contributed by atoms with van der Waals surface area (Å²) in [7, 11) is -3.70. The van der Waals surface area contributed by atoms with Crippen LogP contribution in [0.3, 0.4) is 0 Å². The van der Waals surface area contributed by atoms with Crippen molar-refractivity contribution in [1.29, 1.82) is 0 Å². The van der Waals surface area contributed by atoms with Crippen LogP contribution in [0, 0.1) is 13.8 Å². The summed E-state index contributed by atoms with van der Waals surface area (Å²) in [5.41, 5.74) is 1.99. The number of sulfonamides is 1. The number of rotatable bonds is 3. The van der Waals surface area contributed by atoms with Gasteiger partial charge in [-0.3, -0.25) is 9.71 Å². The van der Waals surface area contributed by atoms with Crippen LogP contribution in [-0.2, 0) is 10.0 Å². The minimum Gasteiger partial charge on any atom is -0.332 e. The lowest BCUT2D eigenvalue weighted by molar-refractivity contribution is 0.598. The number of anilines is 1. The van der Waals surface area contributed by atoms with Crippen molar-refractivity contribution in [3.8, 4) is 0 Å². The van der Waals surface area contributed by atoms with Gasteiger partial charge in [0.05, 0.1) is 17.4 Å². The maximum Gasteiger partial charge on any atom is 0.279 e. The zero-order valence-electron chi connectivity index (χ0n) is 11.6. The van der Waals surface area contributed by atoms with E-state index in [1.807, 2.05) is 31.2 Å². The van der Waals surface area contributed by atoms with Gasteiger partial charge in [-0.1, -0.05) is 18.2 Å². The number of H-pyrrole nitrogens is 1. The predicted octanol–water partition coefficient (Wildman–Crippen LogP) is 2.38. The quantitative estimate of drug-likeness (QED) is 0.777. The van der Waals surface area contributed by atoms with E-state index in [0.717, 1.165) is 16.6 Å². The number of hydrogen-bond donors (Lipinski definition) is 2. The van der Waals surface area contributed by atoms with E-state index in [1.54, 1.807) is 13.0 Å². The maximum absolute atomic E-state index is 12.4. The SMILES string of the molecule is Cc1cc(NS(=O)(=O)c2cnc(C)[nH]2)c2ccccc2n1. The van der Waals surface area contributed by atoms with E-state index in [0.29, 0.717) is 11.5 Å². The van der Waals surface area contributed by atoms with E-state index >= 15 is 0 Å². The van der Waals surface area contributed by atoms with E-state index in [2.05, 4.69) is 19.7 Å². The monoisotopic (exact) mass is 302 g/mol. The number of nitrogens with zero attached hydrogens (tertiary/aromatic N) is 2. The van der Waals surface area contributed by atoms with Crippen LogP contribution in [0.15, 0.2) is 41.6 Å². The van der Waals surface area contributed by atoms with Gasteiger partial charge in [0.1, 0.15) is 5.82 Å². The highest BCUT2D eigenvalue weighted by Crippen LogP contribution is 2.25. The fourth-order valence-corrected chi connectivity index (χ4v) is 3.17. The lowest BCUT2D eigenvalue weighted by Gasteiger charge is -2.10. The first-order chi connectivity index (χ1) is 9.95. The topological polar surface area (TPSA) is 87.7 Å². The second-order valence-electron chi connectivity index (χ2n) is 4.77. The fourth-order valence-electron chi connectivity index (χ4n) is 2.13. The molecule has 0 aliphatic carbocycles. The van der Waals surface area contributed by atoms with E-state index in [4.69, 9.17) is 0 Å². The number of aryl methyl sites for hydroxylation is 2. The summed E-state index contributed by atoms with van der Waals surface area (Å²) in [5.74, 6) is 0.547. The molecule has 3 aromatic rings. The summed E-state index contributed by atoms with van der Waals surface area (Å²) in [5, 5.41) is 0.793. The highest BCUT2D eigenvalue weighted by molar-refractivity contribution is 7.92. The van der Waals surface area contributed by atoms with Crippen molar-refractivity contribution in [1.82, 2.24) is 15.0 Å². The molecule has 3 rings (SSSR count). The molecule has 0 spiro atoms. The van der Waals surface area contributed by atoms with E-state index in [-0.39, 0.29) is 5.03 Å². The summed E-state index contributed by atoms with van der Waals surface area (Å²) >= 11 is 0. The average Bonchev–Trinajstić information content (AvgIpc) is 2.86. The molecule has 0 atom stereocenters. The minimum atomic E-state index is -3.70. The molecule has 0 amide bonds. The van der Waals surface area contributed by atoms with Gasteiger partial charge in [0, 0.05) is 11.1 Å². The lowest BCUT2D eigenvalue weighted by atomic mass is 10.2. The molecule has 0 saturated heterocycles.